The van der Waals surface area contributed by atoms with E-state index in [0.717, 1.165) is 42.0 Å². The molecule has 2 saturated heterocycles. The largest absolute Gasteiger partial charge is 0.371 e. The van der Waals surface area contributed by atoms with Gasteiger partial charge in [0.1, 0.15) is 0 Å². The second-order valence-electron chi connectivity index (χ2n) is 11.1. The molecule has 4 nitrogen and oxygen atoms in total. The molecular formula is C34H41N3O. The minimum absolute atomic E-state index is 0.0664. The van der Waals surface area contributed by atoms with E-state index in [9.17, 15) is 4.79 Å². The molecule has 0 saturated carbocycles. The fourth-order valence-corrected chi connectivity index (χ4v) is 6.09. The lowest BCUT2D eigenvalue weighted by Gasteiger charge is -2.38. The Morgan fingerprint density at radius 2 is 1.63 bits per heavy atom. The molecule has 2 aliphatic rings. The van der Waals surface area contributed by atoms with E-state index in [0.29, 0.717) is 6.04 Å². The van der Waals surface area contributed by atoms with Crippen molar-refractivity contribution in [3.05, 3.63) is 95.1 Å². The molecule has 0 atom stereocenters. The Morgan fingerprint density at radius 3 is 2.37 bits per heavy atom. The first kappa shape index (κ1) is 26.4. The molecule has 2 fully saturated rings. The average molecular weight is 508 g/mol. The summed E-state index contributed by atoms with van der Waals surface area (Å²) in [6.07, 6.45) is 8.77. The van der Waals surface area contributed by atoms with E-state index in [4.69, 9.17) is 0 Å². The summed E-state index contributed by atoms with van der Waals surface area (Å²) < 4.78 is 0. The number of rotatable bonds is 8. The molecule has 0 aromatic heterocycles. The summed E-state index contributed by atoms with van der Waals surface area (Å²) in [6, 6.07) is 23.9. The van der Waals surface area contributed by atoms with Gasteiger partial charge in [0, 0.05) is 36.9 Å². The van der Waals surface area contributed by atoms with Crippen molar-refractivity contribution in [2.24, 2.45) is 0 Å². The summed E-state index contributed by atoms with van der Waals surface area (Å²) in [6.45, 7) is 7.48. The number of allylic oxidation sites excluding steroid dienone is 1. The highest BCUT2D eigenvalue weighted by atomic mass is 16.1. The van der Waals surface area contributed by atoms with Gasteiger partial charge in [0.25, 0.3) is 0 Å². The van der Waals surface area contributed by atoms with Crippen LogP contribution in [0.3, 0.4) is 0 Å². The summed E-state index contributed by atoms with van der Waals surface area (Å²) in [5.74, 6) is 0.0664. The Hall–Kier alpha value is -3.21. The van der Waals surface area contributed by atoms with E-state index in [1.807, 2.05) is 12.1 Å². The third-order valence-corrected chi connectivity index (χ3v) is 8.14. The Labute approximate surface area is 228 Å². The highest BCUT2D eigenvalue weighted by Crippen LogP contribution is 2.33. The van der Waals surface area contributed by atoms with Crippen molar-refractivity contribution in [2.45, 2.75) is 45.2 Å². The molecule has 2 heterocycles. The van der Waals surface area contributed by atoms with E-state index < -0.39 is 0 Å². The number of anilines is 1. The molecule has 0 bridgehead atoms. The number of benzene rings is 3. The van der Waals surface area contributed by atoms with Gasteiger partial charge >= 0.3 is 0 Å². The van der Waals surface area contributed by atoms with Crippen LogP contribution in [0.4, 0.5) is 5.69 Å². The molecule has 38 heavy (non-hydrogen) atoms. The van der Waals surface area contributed by atoms with Gasteiger partial charge < -0.3 is 14.7 Å². The molecule has 3 aromatic carbocycles. The summed E-state index contributed by atoms with van der Waals surface area (Å²) in [5.41, 5.74) is 7.69. The Balaban J connectivity index is 1.44. The molecule has 2 aliphatic heterocycles. The predicted octanol–water partition coefficient (Wildman–Crippen LogP) is 6.68. The predicted molar refractivity (Wildman–Crippen MR) is 160 cm³/mol. The number of piperidine rings is 1. The fourth-order valence-electron chi connectivity index (χ4n) is 6.09. The monoisotopic (exact) mass is 507 g/mol. The Kier molecular flexibility index (Phi) is 8.41. The van der Waals surface area contributed by atoms with Crippen LogP contribution in [0.15, 0.2) is 72.8 Å². The van der Waals surface area contributed by atoms with Crippen LogP contribution in [0.5, 0.6) is 0 Å². The first-order chi connectivity index (χ1) is 18.5. The molecule has 3 aromatic rings. The molecule has 0 N–H and O–H groups in total. The normalized spacial score (nSPS) is 17.1. The second-order valence-corrected chi connectivity index (χ2v) is 11.1. The summed E-state index contributed by atoms with van der Waals surface area (Å²) in [4.78, 5) is 21.1. The third kappa shape index (κ3) is 6.09. The number of aryl methyl sites for hydroxylation is 1. The van der Waals surface area contributed by atoms with Gasteiger partial charge in [-0.1, -0.05) is 60.7 Å². The summed E-state index contributed by atoms with van der Waals surface area (Å²) in [5, 5.41) is 0. The highest BCUT2D eigenvalue weighted by Gasteiger charge is 2.28. The minimum Gasteiger partial charge on any atom is -0.371 e. The highest BCUT2D eigenvalue weighted by molar-refractivity contribution is 6.11. The van der Waals surface area contributed by atoms with Crippen molar-refractivity contribution in [3.63, 3.8) is 0 Å². The topological polar surface area (TPSA) is 26.8 Å². The lowest BCUT2D eigenvalue weighted by Crippen LogP contribution is -2.44. The number of nitrogens with zero attached hydrogens (tertiary/aromatic N) is 3. The molecular weight excluding hydrogens is 466 g/mol. The van der Waals surface area contributed by atoms with Gasteiger partial charge in [0.15, 0.2) is 5.78 Å². The van der Waals surface area contributed by atoms with Crippen LogP contribution in [0, 0.1) is 6.92 Å². The van der Waals surface area contributed by atoms with Gasteiger partial charge in [0.05, 0.1) is 0 Å². The van der Waals surface area contributed by atoms with Crippen molar-refractivity contribution in [1.82, 2.24) is 9.80 Å². The fraction of sp³-hybridized carbons (Fsp3) is 0.382. The number of likely N-dealkylation sites (tertiary alicyclic amines) is 1. The molecule has 0 radical (unpaired) electrons. The van der Waals surface area contributed by atoms with Gasteiger partial charge in [-0.25, -0.2) is 0 Å². The maximum absolute atomic E-state index is 13.8. The van der Waals surface area contributed by atoms with Crippen molar-refractivity contribution in [3.8, 4) is 11.1 Å². The maximum Gasteiger partial charge on any atom is 0.187 e. The summed E-state index contributed by atoms with van der Waals surface area (Å²) in [7, 11) is 4.14. The van der Waals surface area contributed by atoms with Crippen LogP contribution in [-0.2, 0) is 6.54 Å². The smallest absolute Gasteiger partial charge is 0.187 e. The first-order valence-electron chi connectivity index (χ1n) is 14.1. The van der Waals surface area contributed by atoms with E-state index in [2.05, 4.69) is 96.4 Å². The lowest BCUT2D eigenvalue weighted by atomic mass is 9.94. The second kappa shape index (κ2) is 12.1. The van der Waals surface area contributed by atoms with Crippen molar-refractivity contribution in [1.29, 1.82) is 0 Å². The van der Waals surface area contributed by atoms with Gasteiger partial charge in [-0.15, -0.1) is 0 Å². The van der Waals surface area contributed by atoms with Gasteiger partial charge in [-0.2, -0.15) is 0 Å². The molecule has 0 spiro atoms. The molecule has 198 valence electrons. The summed E-state index contributed by atoms with van der Waals surface area (Å²) >= 11 is 0. The third-order valence-electron chi connectivity index (χ3n) is 8.14. The first-order valence-corrected chi connectivity index (χ1v) is 14.1. The lowest BCUT2D eigenvalue weighted by molar-refractivity contribution is 0.104. The standard InChI is InChI=1S/C34H41N3O/c1-26-10-4-7-13-31(26)28-14-16-33(37-22-18-30(19-23-37)36-20-8-9-21-36)32(24-28)34(38)17-15-27-11-5-6-12-29(27)25-35(2)3/h4-7,10-17,24,30H,8-9,18-23,25H2,1-3H3. The van der Waals surface area contributed by atoms with Gasteiger partial charge in [-0.05, 0) is 106 Å². The van der Waals surface area contributed by atoms with Crippen molar-refractivity contribution < 1.29 is 4.79 Å². The van der Waals surface area contributed by atoms with Crippen molar-refractivity contribution in [2.75, 3.05) is 45.2 Å². The zero-order chi connectivity index (χ0) is 26.5. The number of hydrogen-bond acceptors (Lipinski definition) is 4. The molecule has 0 aliphatic carbocycles. The van der Waals surface area contributed by atoms with Crippen LogP contribution < -0.4 is 4.90 Å². The molecule has 4 heteroatoms. The van der Waals surface area contributed by atoms with Crippen molar-refractivity contribution >= 4 is 17.5 Å². The van der Waals surface area contributed by atoms with Crippen LogP contribution in [0.1, 0.15) is 52.7 Å². The maximum atomic E-state index is 13.8. The zero-order valence-corrected chi connectivity index (χ0v) is 23.2. The van der Waals surface area contributed by atoms with E-state index >= 15 is 0 Å². The Morgan fingerprint density at radius 1 is 0.921 bits per heavy atom. The molecule has 5 rings (SSSR count). The number of hydrogen-bond donors (Lipinski definition) is 0. The number of carbonyl (C=O) groups is 1. The van der Waals surface area contributed by atoms with Crippen LogP contribution >= 0.6 is 0 Å². The number of ketones is 1. The van der Waals surface area contributed by atoms with Gasteiger partial charge in [0.2, 0.25) is 0 Å². The van der Waals surface area contributed by atoms with E-state index in [-0.39, 0.29) is 5.78 Å². The van der Waals surface area contributed by atoms with Crippen LogP contribution in [-0.4, -0.2) is 61.9 Å². The van der Waals surface area contributed by atoms with Gasteiger partial charge in [-0.3, -0.25) is 4.79 Å². The molecule has 0 amide bonds. The van der Waals surface area contributed by atoms with E-state index in [1.54, 1.807) is 6.08 Å². The molecule has 0 unspecified atom stereocenters. The van der Waals surface area contributed by atoms with Crippen LogP contribution in [0.2, 0.25) is 0 Å². The average Bonchev–Trinajstić information content (AvgIpc) is 3.47. The van der Waals surface area contributed by atoms with Crippen LogP contribution in [0.25, 0.3) is 17.2 Å². The SMILES string of the molecule is Cc1ccccc1-c1ccc(N2CCC(N3CCCC3)CC2)c(C(=O)C=Cc2ccccc2CN(C)C)c1. The minimum atomic E-state index is 0.0664. The van der Waals surface area contributed by atoms with E-state index in [1.165, 1.54) is 55.5 Å². The zero-order valence-electron chi connectivity index (χ0n) is 23.2. The number of carbonyl (C=O) groups excluding carboxylic acids is 1. The quantitative estimate of drug-likeness (QED) is 0.251. The Bertz CT molecular complexity index is 1280.